The van der Waals surface area contributed by atoms with Crippen molar-refractivity contribution in [2.75, 3.05) is 13.6 Å². The highest BCUT2D eigenvalue weighted by Gasteiger charge is 2.66. The summed E-state index contributed by atoms with van der Waals surface area (Å²) in [4.78, 5) is 11.8. The van der Waals surface area contributed by atoms with E-state index in [4.69, 9.17) is 0 Å². The molecule has 2 heterocycles. The number of quaternary nitrogens is 1. The molecule has 2 heteroatoms. The second-order valence-corrected chi connectivity index (χ2v) is 3.83. The van der Waals surface area contributed by atoms with Crippen LogP contribution in [0.2, 0.25) is 0 Å². The quantitative estimate of drug-likeness (QED) is 0.335. The first-order valence-corrected chi connectivity index (χ1v) is 4.54. The van der Waals surface area contributed by atoms with Crippen molar-refractivity contribution >= 4 is 5.91 Å². The van der Waals surface area contributed by atoms with Crippen molar-refractivity contribution < 1.29 is 9.28 Å². The molecule has 2 unspecified atom stereocenters. The van der Waals surface area contributed by atoms with Crippen LogP contribution in [-0.2, 0) is 4.79 Å². The van der Waals surface area contributed by atoms with Gasteiger partial charge in [0.15, 0.2) is 6.04 Å². The summed E-state index contributed by atoms with van der Waals surface area (Å²) in [6, 6.07) is 0.434. The van der Waals surface area contributed by atoms with E-state index in [-0.39, 0.29) is 5.91 Å². The first kappa shape index (κ1) is 8.45. The molecule has 0 aromatic carbocycles. The van der Waals surface area contributed by atoms with Crippen LogP contribution in [-0.4, -0.2) is 30.0 Å². The number of allylic oxidation sites excluding steroid dienone is 3. The molecule has 2 nitrogen and oxygen atoms in total. The maximum absolute atomic E-state index is 11.8. The van der Waals surface area contributed by atoms with Gasteiger partial charge in [-0.1, -0.05) is 18.7 Å². The fraction of sp³-hybridized carbons (Fsp3) is 0.364. The molecule has 2 fully saturated rings. The Morgan fingerprint density at radius 2 is 2.31 bits per heavy atom. The molecular weight excluding hydrogens is 162 g/mol. The van der Waals surface area contributed by atoms with E-state index in [0.29, 0.717) is 10.5 Å². The summed E-state index contributed by atoms with van der Waals surface area (Å²) >= 11 is 0. The predicted molar refractivity (Wildman–Crippen MR) is 51.9 cm³/mol. The molecule has 2 aliphatic heterocycles. The number of rotatable bonds is 1. The van der Waals surface area contributed by atoms with Crippen molar-refractivity contribution in [1.82, 2.24) is 0 Å². The van der Waals surface area contributed by atoms with Crippen molar-refractivity contribution in [3.63, 3.8) is 0 Å². The van der Waals surface area contributed by atoms with Gasteiger partial charge >= 0.3 is 5.91 Å². The van der Waals surface area contributed by atoms with E-state index in [2.05, 4.69) is 12.7 Å². The van der Waals surface area contributed by atoms with Gasteiger partial charge in [0.1, 0.15) is 6.54 Å². The van der Waals surface area contributed by atoms with Crippen LogP contribution >= 0.6 is 0 Å². The Bertz CT molecular complexity index is 351. The maximum Gasteiger partial charge on any atom is 0.347 e. The Morgan fingerprint density at radius 3 is 2.85 bits per heavy atom. The van der Waals surface area contributed by atoms with Crippen LogP contribution in [0.4, 0.5) is 0 Å². The Kier molecular flexibility index (Phi) is 1.57. The van der Waals surface area contributed by atoms with Gasteiger partial charge in [-0.05, 0) is 13.0 Å². The van der Waals surface area contributed by atoms with E-state index in [1.54, 1.807) is 6.08 Å². The van der Waals surface area contributed by atoms with Crippen LogP contribution in [0.5, 0.6) is 0 Å². The topological polar surface area (TPSA) is 17.1 Å². The number of carbonyl (C=O) groups excluding carboxylic acids is 1. The third kappa shape index (κ3) is 0.893. The van der Waals surface area contributed by atoms with Crippen LogP contribution in [0.3, 0.4) is 0 Å². The van der Waals surface area contributed by atoms with Crippen LogP contribution in [0, 0.1) is 0 Å². The van der Waals surface area contributed by atoms with E-state index in [0.717, 1.165) is 12.1 Å². The SMILES string of the molecule is C=CC=C1C(=O)[N+]2(C)CC2C1=CC. The van der Waals surface area contributed by atoms with Gasteiger partial charge < -0.3 is 0 Å². The lowest BCUT2D eigenvalue weighted by Crippen LogP contribution is -2.26. The minimum Gasteiger partial charge on any atom is -0.242 e. The van der Waals surface area contributed by atoms with Gasteiger partial charge in [0.2, 0.25) is 0 Å². The fourth-order valence-electron chi connectivity index (χ4n) is 2.15. The normalized spacial score (nSPS) is 42.6. The molecule has 0 aromatic rings. The summed E-state index contributed by atoms with van der Waals surface area (Å²) in [5, 5.41) is 0. The van der Waals surface area contributed by atoms with Crippen LogP contribution in [0.25, 0.3) is 0 Å². The summed E-state index contributed by atoms with van der Waals surface area (Å²) in [6.45, 7) is 6.60. The zero-order chi connectivity index (χ0) is 9.64. The summed E-state index contributed by atoms with van der Waals surface area (Å²) in [5.41, 5.74) is 2.06. The molecule has 0 aliphatic carbocycles. The lowest BCUT2D eigenvalue weighted by Gasteiger charge is -2.02. The maximum atomic E-state index is 11.8. The van der Waals surface area contributed by atoms with Crippen LogP contribution in [0.15, 0.2) is 36.0 Å². The molecule has 0 radical (unpaired) electrons. The summed E-state index contributed by atoms with van der Waals surface area (Å²) < 4.78 is 0.583. The van der Waals surface area contributed by atoms with Crippen molar-refractivity contribution in [3.8, 4) is 0 Å². The summed E-state index contributed by atoms with van der Waals surface area (Å²) in [7, 11) is 2.00. The highest BCUT2D eigenvalue weighted by Crippen LogP contribution is 2.46. The molecule has 1 amide bonds. The first-order chi connectivity index (χ1) is 6.15. The van der Waals surface area contributed by atoms with Gasteiger partial charge in [-0.3, -0.25) is 0 Å². The standard InChI is InChI=1S/C11H14NO/c1-4-6-9-8(5-2)10-7-12(10,3)11(9)13/h4-6,10H,1,7H2,2-3H3/q+1. The number of hydrogen-bond donors (Lipinski definition) is 0. The molecule has 2 aliphatic rings. The number of piperidine rings is 1. The Labute approximate surface area is 78.4 Å². The minimum atomic E-state index is 0.248. The molecule has 2 atom stereocenters. The van der Waals surface area contributed by atoms with E-state index in [9.17, 15) is 4.79 Å². The fourth-order valence-corrected chi connectivity index (χ4v) is 2.15. The third-order valence-electron chi connectivity index (χ3n) is 3.07. The molecule has 0 N–H and O–H groups in total. The molecule has 0 bridgehead atoms. The van der Waals surface area contributed by atoms with E-state index < -0.39 is 0 Å². The van der Waals surface area contributed by atoms with Crippen LogP contribution in [0.1, 0.15) is 6.92 Å². The molecule has 13 heavy (non-hydrogen) atoms. The zero-order valence-electron chi connectivity index (χ0n) is 8.08. The molecule has 2 rings (SSSR count). The summed E-state index contributed by atoms with van der Waals surface area (Å²) in [6.07, 6.45) is 5.57. The predicted octanol–water partition coefficient (Wildman–Crippen LogP) is 1.41. The third-order valence-corrected chi connectivity index (χ3v) is 3.07. The van der Waals surface area contributed by atoms with Crippen molar-refractivity contribution in [2.45, 2.75) is 13.0 Å². The largest absolute Gasteiger partial charge is 0.347 e. The monoisotopic (exact) mass is 176 g/mol. The first-order valence-electron chi connectivity index (χ1n) is 4.54. The Morgan fingerprint density at radius 1 is 1.62 bits per heavy atom. The highest BCUT2D eigenvalue weighted by atomic mass is 16.2. The van der Waals surface area contributed by atoms with Gasteiger partial charge in [-0.25, -0.2) is 9.28 Å². The number of nitrogens with zero attached hydrogens (tertiary/aromatic N) is 1. The van der Waals surface area contributed by atoms with E-state index >= 15 is 0 Å². The van der Waals surface area contributed by atoms with E-state index in [1.807, 2.05) is 20.0 Å². The van der Waals surface area contributed by atoms with Crippen molar-refractivity contribution in [1.29, 1.82) is 0 Å². The van der Waals surface area contributed by atoms with Crippen molar-refractivity contribution in [2.24, 2.45) is 0 Å². The Hall–Kier alpha value is -1.15. The van der Waals surface area contributed by atoms with Gasteiger partial charge in [-0.15, -0.1) is 0 Å². The number of carbonyl (C=O) groups is 1. The van der Waals surface area contributed by atoms with Crippen LogP contribution < -0.4 is 0 Å². The lowest BCUT2D eigenvalue weighted by molar-refractivity contribution is -0.698. The average molecular weight is 176 g/mol. The lowest BCUT2D eigenvalue weighted by atomic mass is 10.0. The number of amides is 1. The molecule has 0 spiro atoms. The second kappa shape index (κ2) is 2.42. The second-order valence-electron chi connectivity index (χ2n) is 3.83. The molecule has 0 saturated carbocycles. The number of fused-ring (bicyclic) bond motifs is 1. The Balaban J connectivity index is 2.47. The minimum absolute atomic E-state index is 0.248. The van der Waals surface area contributed by atoms with Gasteiger partial charge in [0.05, 0.1) is 12.6 Å². The number of hydrogen-bond acceptors (Lipinski definition) is 1. The molecule has 0 aromatic heterocycles. The van der Waals surface area contributed by atoms with E-state index in [1.165, 1.54) is 5.57 Å². The number of likely N-dealkylation sites (N-methyl/N-ethyl adjacent to an activating group) is 1. The van der Waals surface area contributed by atoms with Gasteiger partial charge in [0, 0.05) is 5.57 Å². The smallest absolute Gasteiger partial charge is 0.242 e. The zero-order valence-corrected chi connectivity index (χ0v) is 8.08. The highest BCUT2D eigenvalue weighted by molar-refractivity contribution is 5.98. The average Bonchev–Trinajstić information content (AvgIpc) is 2.73. The summed E-state index contributed by atoms with van der Waals surface area (Å²) in [5.74, 6) is 0.248. The van der Waals surface area contributed by atoms with Gasteiger partial charge in [0.25, 0.3) is 0 Å². The van der Waals surface area contributed by atoms with Crippen molar-refractivity contribution in [3.05, 3.63) is 36.0 Å². The van der Waals surface area contributed by atoms with Gasteiger partial charge in [-0.2, -0.15) is 0 Å². The molecular formula is C11H14NO+. The molecule has 68 valence electrons. The molecule has 2 saturated heterocycles.